The van der Waals surface area contributed by atoms with E-state index in [1.54, 1.807) is 11.4 Å². The van der Waals surface area contributed by atoms with E-state index in [0.29, 0.717) is 0 Å². The topological polar surface area (TPSA) is 0 Å². The molecule has 1 unspecified atom stereocenters. The Labute approximate surface area is 64.9 Å². The summed E-state index contributed by atoms with van der Waals surface area (Å²) in [7, 11) is 0. The molecule has 0 saturated carbocycles. The van der Waals surface area contributed by atoms with E-state index in [1.165, 1.54) is 6.42 Å². The van der Waals surface area contributed by atoms with E-state index in [-0.39, 0.29) is 0 Å². The average molecular weight is 189 g/mol. The highest BCUT2D eigenvalue weighted by Gasteiger charge is 2.02. The van der Waals surface area contributed by atoms with Crippen LogP contribution in [0.15, 0.2) is 0 Å². The molecule has 0 aromatic heterocycles. The van der Waals surface area contributed by atoms with Crippen molar-refractivity contribution >= 4 is 39.0 Å². The van der Waals surface area contributed by atoms with Crippen molar-refractivity contribution in [2.24, 2.45) is 0 Å². The van der Waals surface area contributed by atoms with Crippen LogP contribution in [-0.2, 0) is 11.8 Å². The fourth-order valence-electron chi connectivity index (χ4n) is 0.254. The molecule has 0 aliphatic heterocycles. The molecule has 0 bridgehead atoms. The third kappa shape index (κ3) is 7.29. The molecule has 1 atom stereocenters. The van der Waals surface area contributed by atoms with Crippen LogP contribution in [0.1, 0.15) is 13.3 Å². The maximum atomic E-state index is 5.80. The van der Waals surface area contributed by atoms with Crippen LogP contribution >= 0.6 is 27.2 Å². The van der Waals surface area contributed by atoms with Gasteiger partial charge in [-0.25, -0.2) is 0 Å². The van der Waals surface area contributed by atoms with E-state index in [4.69, 9.17) is 23.0 Å². The lowest BCUT2D eigenvalue weighted by atomic mass is 10.6. The van der Waals surface area contributed by atoms with Crippen molar-refractivity contribution in [2.75, 3.05) is 12.4 Å². The summed E-state index contributed by atoms with van der Waals surface area (Å²) in [5.74, 6) is 1.11. The maximum Gasteiger partial charge on any atom is 0.0860 e. The molecule has 0 saturated heterocycles. The first-order valence-corrected chi connectivity index (χ1v) is 8.22. The Morgan fingerprint density at radius 3 is 2.38 bits per heavy atom. The summed E-state index contributed by atoms with van der Waals surface area (Å²) in [5.41, 5.74) is 0. The predicted molar refractivity (Wildman–Crippen MR) is 48.8 cm³/mol. The van der Waals surface area contributed by atoms with Crippen molar-refractivity contribution in [3.05, 3.63) is 0 Å². The zero-order valence-corrected chi connectivity index (χ0v) is 8.34. The normalized spacial score (nSPS) is 17.9. The summed E-state index contributed by atoms with van der Waals surface area (Å²) in [4.78, 5) is 0. The smallest absolute Gasteiger partial charge is 0.0860 e. The molecule has 8 heavy (non-hydrogen) atoms. The van der Waals surface area contributed by atoms with Gasteiger partial charge in [0.25, 0.3) is 0 Å². The van der Waals surface area contributed by atoms with Gasteiger partial charge in [-0.05, 0) is 18.8 Å². The van der Waals surface area contributed by atoms with Gasteiger partial charge in [0.2, 0.25) is 0 Å². The van der Waals surface area contributed by atoms with Crippen LogP contribution < -0.4 is 0 Å². The van der Waals surface area contributed by atoms with Crippen molar-refractivity contribution in [3.63, 3.8) is 0 Å². The summed E-state index contributed by atoms with van der Waals surface area (Å²) in [6.45, 7) is 4.08. The van der Waals surface area contributed by atoms with Gasteiger partial charge in [-0.3, -0.25) is 0 Å². The van der Waals surface area contributed by atoms with Gasteiger partial charge in [-0.2, -0.15) is 0 Å². The summed E-state index contributed by atoms with van der Waals surface area (Å²) in [5, 5.41) is 0. The summed E-state index contributed by atoms with van der Waals surface area (Å²) in [6, 6.07) is 0. The van der Waals surface area contributed by atoms with Gasteiger partial charge in [0.15, 0.2) is 0 Å². The Bertz CT molecular complexity index is 98.2. The van der Waals surface area contributed by atoms with Crippen LogP contribution in [0.4, 0.5) is 0 Å². The van der Waals surface area contributed by atoms with Gasteiger partial charge in [0.05, 0.1) is 4.59 Å². The lowest BCUT2D eigenvalue weighted by molar-refractivity contribution is 1.11. The van der Waals surface area contributed by atoms with Gasteiger partial charge < -0.3 is 0 Å². The Balaban J connectivity index is 3.26. The quantitative estimate of drug-likeness (QED) is 0.624. The van der Waals surface area contributed by atoms with E-state index in [2.05, 4.69) is 6.92 Å². The molecule has 0 N–H and O–H groups in total. The maximum absolute atomic E-state index is 5.80. The predicted octanol–water partition coefficient (Wildman–Crippen LogP) is 3.31. The van der Waals surface area contributed by atoms with Crippen LogP contribution in [0.3, 0.4) is 0 Å². The first kappa shape index (κ1) is 9.29. The highest BCUT2D eigenvalue weighted by atomic mass is 35.7. The van der Waals surface area contributed by atoms with Crippen LogP contribution in [0.5, 0.6) is 0 Å². The number of hydrogen-bond donors (Lipinski definition) is 0. The molecule has 0 amide bonds. The fourth-order valence-corrected chi connectivity index (χ4v) is 3.58. The van der Waals surface area contributed by atoms with E-state index in [1.807, 2.05) is 6.66 Å². The van der Waals surface area contributed by atoms with Crippen molar-refractivity contribution in [3.8, 4) is 0 Å². The first-order chi connectivity index (χ1) is 3.56. The molecule has 0 radical (unpaired) electrons. The number of hydrogen-bond acceptors (Lipinski definition) is 2. The molecule has 0 aromatic carbocycles. The molecular formula is C4H10ClPS2. The SMILES string of the molecule is CCCSP(C)(=S)Cl. The minimum Gasteiger partial charge on any atom is -0.110 e. The van der Waals surface area contributed by atoms with Gasteiger partial charge in [-0.15, -0.1) is 11.4 Å². The highest BCUT2D eigenvalue weighted by molar-refractivity contribution is 8.77. The van der Waals surface area contributed by atoms with E-state index >= 15 is 0 Å². The first-order valence-electron chi connectivity index (χ1n) is 2.48. The third-order valence-corrected chi connectivity index (χ3v) is 5.34. The van der Waals surface area contributed by atoms with Gasteiger partial charge in [0.1, 0.15) is 0 Å². The molecule has 0 heterocycles. The van der Waals surface area contributed by atoms with Crippen LogP contribution in [-0.4, -0.2) is 12.4 Å². The van der Waals surface area contributed by atoms with Crippen molar-refractivity contribution in [1.82, 2.24) is 0 Å². The Kier molecular flexibility index (Phi) is 4.83. The van der Waals surface area contributed by atoms with Crippen LogP contribution in [0.25, 0.3) is 0 Å². The summed E-state index contributed by atoms with van der Waals surface area (Å²) in [6.07, 6.45) is 1.17. The molecule has 50 valence electrons. The Hall–Kier alpha value is 1.29. The summed E-state index contributed by atoms with van der Waals surface area (Å²) >= 11 is 12.5. The molecule has 0 rings (SSSR count). The van der Waals surface area contributed by atoms with Crippen molar-refractivity contribution in [2.45, 2.75) is 13.3 Å². The lowest BCUT2D eigenvalue weighted by Crippen LogP contribution is -1.68. The highest BCUT2D eigenvalue weighted by Crippen LogP contribution is 2.60. The van der Waals surface area contributed by atoms with E-state index in [0.717, 1.165) is 5.75 Å². The Morgan fingerprint density at radius 2 is 2.25 bits per heavy atom. The van der Waals surface area contributed by atoms with Gasteiger partial charge in [0, 0.05) is 0 Å². The molecule has 0 aromatic rings. The molecule has 4 heteroatoms. The molecule has 0 spiro atoms. The second kappa shape index (κ2) is 4.16. The largest absolute Gasteiger partial charge is 0.110 e. The lowest BCUT2D eigenvalue weighted by Gasteiger charge is -2.03. The molecular weight excluding hydrogens is 179 g/mol. The molecule has 0 fully saturated rings. The van der Waals surface area contributed by atoms with Gasteiger partial charge >= 0.3 is 0 Å². The van der Waals surface area contributed by atoms with Crippen LogP contribution in [0, 0.1) is 0 Å². The van der Waals surface area contributed by atoms with Gasteiger partial charge in [-0.1, -0.05) is 30.0 Å². The zero-order chi connectivity index (χ0) is 6.62. The van der Waals surface area contributed by atoms with E-state index in [9.17, 15) is 0 Å². The second-order valence-electron chi connectivity index (χ2n) is 1.58. The van der Waals surface area contributed by atoms with Crippen molar-refractivity contribution in [1.29, 1.82) is 0 Å². The second-order valence-corrected chi connectivity index (χ2v) is 12.8. The number of halogens is 1. The Morgan fingerprint density at radius 1 is 1.75 bits per heavy atom. The minimum absolute atomic E-state index is 1.11. The molecule has 0 aliphatic carbocycles. The molecule has 0 nitrogen and oxygen atoms in total. The van der Waals surface area contributed by atoms with E-state index < -0.39 is 4.59 Å². The average Bonchev–Trinajstić information content (AvgIpc) is 1.59. The number of rotatable bonds is 3. The standard InChI is InChI=1S/C4H10ClPS2/c1-3-4-8-6(2,5)7/h3-4H2,1-2H3. The monoisotopic (exact) mass is 188 g/mol. The third-order valence-electron chi connectivity index (χ3n) is 0.526. The minimum atomic E-state index is -1.46. The van der Waals surface area contributed by atoms with Crippen LogP contribution in [0.2, 0.25) is 0 Å². The van der Waals surface area contributed by atoms with Crippen molar-refractivity contribution < 1.29 is 0 Å². The fraction of sp³-hybridized carbons (Fsp3) is 1.00. The summed E-state index contributed by atoms with van der Waals surface area (Å²) < 4.78 is -1.46. The zero-order valence-electron chi connectivity index (χ0n) is 5.06. The molecule has 0 aliphatic rings.